The van der Waals surface area contributed by atoms with Crippen molar-refractivity contribution in [2.75, 3.05) is 0 Å². The van der Waals surface area contributed by atoms with Gasteiger partial charge in [-0.2, -0.15) is 0 Å². The molecule has 0 N–H and O–H groups in total. The third-order valence-electron chi connectivity index (χ3n) is 12.7. The van der Waals surface area contributed by atoms with Crippen LogP contribution in [0.2, 0.25) is 0 Å². The fourth-order valence-electron chi connectivity index (χ4n) is 9.74. The molecule has 0 saturated heterocycles. The van der Waals surface area contributed by atoms with Gasteiger partial charge < -0.3 is 4.57 Å². The Bertz CT molecular complexity index is 4080. The average Bonchev–Trinajstić information content (AvgIpc) is 4.12. The fraction of sp³-hybridized carbons (Fsp3) is 0. The highest BCUT2D eigenvalue weighted by Crippen LogP contribution is 2.45. The highest BCUT2D eigenvalue weighted by molar-refractivity contribution is 7.27. The Morgan fingerprint density at radius 3 is 1.55 bits per heavy atom. The van der Waals surface area contributed by atoms with Crippen LogP contribution in [0.25, 0.3) is 133 Å². The van der Waals surface area contributed by atoms with Crippen LogP contribution in [0.1, 0.15) is 0 Å². The monoisotopic (exact) mass is 868 g/mol. The maximum Gasteiger partial charge on any atom is 0.164 e. The molecule has 64 heavy (non-hydrogen) atoms. The van der Waals surface area contributed by atoms with Gasteiger partial charge in [-0.25, -0.2) is 15.0 Å². The summed E-state index contributed by atoms with van der Waals surface area (Å²) in [5.41, 5.74) is 8.88. The van der Waals surface area contributed by atoms with E-state index in [1.54, 1.807) is 0 Å². The third kappa shape index (κ3) is 5.48. The first kappa shape index (κ1) is 36.0. The number of benzene rings is 9. The number of rotatable bonds is 5. The van der Waals surface area contributed by atoms with Gasteiger partial charge in [0, 0.05) is 93.7 Å². The van der Waals surface area contributed by atoms with Crippen LogP contribution in [0, 0.1) is 0 Å². The van der Waals surface area contributed by atoms with Crippen molar-refractivity contribution in [3.8, 4) is 51.0 Å². The Morgan fingerprint density at radius 2 is 0.828 bits per heavy atom. The molecule has 9 aromatic carbocycles. The molecule has 298 valence electrons. The zero-order valence-corrected chi connectivity index (χ0v) is 36.4. The van der Waals surface area contributed by atoms with Crippen LogP contribution in [0.5, 0.6) is 0 Å². The molecule has 4 nitrogen and oxygen atoms in total. The minimum absolute atomic E-state index is 0.662. The van der Waals surface area contributed by atoms with Crippen LogP contribution >= 0.6 is 34.0 Å². The Balaban J connectivity index is 0.969. The van der Waals surface area contributed by atoms with Gasteiger partial charge in [0.1, 0.15) is 0 Å². The number of aromatic nitrogens is 4. The summed E-state index contributed by atoms with van der Waals surface area (Å²) < 4.78 is 9.82. The summed E-state index contributed by atoms with van der Waals surface area (Å²) in [6.45, 7) is 0. The predicted molar refractivity (Wildman–Crippen MR) is 275 cm³/mol. The van der Waals surface area contributed by atoms with E-state index in [9.17, 15) is 0 Å². The summed E-state index contributed by atoms with van der Waals surface area (Å²) in [5.74, 6) is 1.99. The van der Waals surface area contributed by atoms with Crippen LogP contribution in [-0.2, 0) is 0 Å². The van der Waals surface area contributed by atoms with E-state index in [-0.39, 0.29) is 0 Å². The van der Waals surface area contributed by atoms with Gasteiger partial charge in [-0.15, -0.1) is 34.0 Å². The molecule has 14 rings (SSSR count). The van der Waals surface area contributed by atoms with E-state index in [0.717, 1.165) is 27.8 Å². The zero-order valence-electron chi connectivity index (χ0n) is 34.0. The topological polar surface area (TPSA) is 43.6 Å². The molecule has 0 atom stereocenters. The lowest BCUT2D eigenvalue weighted by Crippen LogP contribution is -2.00. The Hall–Kier alpha value is -7.55. The standard InChI is InChI=1S/C57H32N4S3/c1-2-12-36(13-3-1)61-46-20-7-4-14-38(46)39-27-24-33(30-47(39)61)37-17-10-18-44-53-45(19-11-23-50(53)64-54(37)44)57-59-55(34-25-28-42-40-15-5-8-21-48(40)62-51(42)31-34)58-56(60-57)35-26-29-43-41-16-6-9-22-49(41)63-52(43)32-35/h1-32H. The molecular formula is C57H32N4S3. The average molecular weight is 869 g/mol. The highest BCUT2D eigenvalue weighted by Gasteiger charge is 2.21. The summed E-state index contributed by atoms with van der Waals surface area (Å²) in [6.07, 6.45) is 0. The summed E-state index contributed by atoms with van der Waals surface area (Å²) in [7, 11) is 0. The van der Waals surface area contributed by atoms with Crippen molar-refractivity contribution in [3.05, 3.63) is 194 Å². The molecule has 0 aliphatic heterocycles. The van der Waals surface area contributed by atoms with Crippen molar-refractivity contribution in [2.45, 2.75) is 0 Å². The minimum atomic E-state index is 0.662. The van der Waals surface area contributed by atoms with E-state index in [2.05, 4.69) is 199 Å². The van der Waals surface area contributed by atoms with E-state index in [1.807, 2.05) is 34.0 Å². The first-order chi connectivity index (χ1) is 31.7. The van der Waals surface area contributed by atoms with Crippen molar-refractivity contribution in [1.82, 2.24) is 19.5 Å². The lowest BCUT2D eigenvalue weighted by molar-refractivity contribution is 1.08. The second-order valence-corrected chi connectivity index (χ2v) is 19.5. The van der Waals surface area contributed by atoms with Gasteiger partial charge in [0.2, 0.25) is 0 Å². The molecule has 7 heteroatoms. The molecule has 0 aliphatic rings. The molecule has 0 radical (unpaired) electrons. The normalized spacial score (nSPS) is 12.1. The quantitative estimate of drug-likeness (QED) is 0.173. The van der Waals surface area contributed by atoms with Crippen LogP contribution in [-0.4, -0.2) is 19.5 Å². The number of nitrogens with zero attached hydrogens (tertiary/aromatic N) is 4. The molecule has 5 heterocycles. The van der Waals surface area contributed by atoms with Crippen LogP contribution in [0.3, 0.4) is 0 Å². The second kappa shape index (κ2) is 14.0. The summed E-state index contributed by atoms with van der Waals surface area (Å²) >= 11 is 5.46. The van der Waals surface area contributed by atoms with Crippen molar-refractivity contribution in [1.29, 1.82) is 0 Å². The van der Waals surface area contributed by atoms with Gasteiger partial charge in [-0.3, -0.25) is 0 Å². The smallest absolute Gasteiger partial charge is 0.164 e. The number of hydrogen-bond acceptors (Lipinski definition) is 6. The van der Waals surface area contributed by atoms with Crippen LogP contribution < -0.4 is 0 Å². The maximum absolute atomic E-state index is 5.35. The molecular weight excluding hydrogens is 837 g/mol. The summed E-state index contributed by atoms with van der Waals surface area (Å²) in [5, 5.41) is 9.90. The number of hydrogen-bond donors (Lipinski definition) is 0. The number of para-hydroxylation sites is 2. The van der Waals surface area contributed by atoms with E-state index in [1.165, 1.54) is 88.1 Å². The molecule has 0 saturated carbocycles. The van der Waals surface area contributed by atoms with E-state index in [0.29, 0.717) is 17.5 Å². The number of thiophene rings is 3. The van der Waals surface area contributed by atoms with Crippen LogP contribution in [0.4, 0.5) is 0 Å². The van der Waals surface area contributed by atoms with Crippen LogP contribution in [0.15, 0.2) is 194 Å². The maximum atomic E-state index is 5.35. The summed E-state index contributed by atoms with van der Waals surface area (Å²) in [4.78, 5) is 16.0. The first-order valence-corrected chi connectivity index (χ1v) is 23.8. The molecule has 14 aromatic rings. The predicted octanol–water partition coefficient (Wildman–Crippen LogP) is 16.7. The Morgan fingerprint density at radius 1 is 0.312 bits per heavy atom. The lowest BCUT2D eigenvalue weighted by Gasteiger charge is -2.10. The highest BCUT2D eigenvalue weighted by atomic mass is 32.1. The third-order valence-corrected chi connectivity index (χ3v) is 16.1. The molecule has 0 spiro atoms. The molecule has 0 bridgehead atoms. The van der Waals surface area contributed by atoms with Crippen molar-refractivity contribution in [3.63, 3.8) is 0 Å². The Labute approximate surface area is 378 Å². The van der Waals surface area contributed by atoms with Gasteiger partial charge in [-0.05, 0) is 65.7 Å². The zero-order chi connectivity index (χ0) is 41.9. The second-order valence-electron chi connectivity index (χ2n) is 16.3. The first-order valence-electron chi connectivity index (χ1n) is 21.3. The van der Waals surface area contributed by atoms with E-state index < -0.39 is 0 Å². The SMILES string of the molecule is c1ccc(-n2c3ccccc3c3ccc(-c4cccc5c4sc4cccc(-c6nc(-c7ccc8c(c7)sc7ccccc78)nc(-c7ccc8c(c7)sc7ccccc78)n6)c45)cc32)cc1. The molecule has 0 aliphatic carbocycles. The van der Waals surface area contributed by atoms with E-state index >= 15 is 0 Å². The molecule has 5 aromatic heterocycles. The lowest BCUT2D eigenvalue weighted by atomic mass is 9.99. The van der Waals surface area contributed by atoms with Gasteiger partial charge in [0.15, 0.2) is 17.5 Å². The summed E-state index contributed by atoms with van der Waals surface area (Å²) in [6, 6.07) is 70.2. The fourth-order valence-corrected chi connectivity index (χ4v) is 13.3. The Kier molecular flexibility index (Phi) is 7.86. The molecule has 0 fully saturated rings. The van der Waals surface area contributed by atoms with Gasteiger partial charge in [0.25, 0.3) is 0 Å². The number of fused-ring (bicyclic) bond motifs is 12. The van der Waals surface area contributed by atoms with Gasteiger partial charge in [-0.1, -0.05) is 140 Å². The molecule has 0 unspecified atom stereocenters. The minimum Gasteiger partial charge on any atom is -0.309 e. The largest absolute Gasteiger partial charge is 0.309 e. The van der Waals surface area contributed by atoms with Crippen molar-refractivity contribution < 1.29 is 0 Å². The van der Waals surface area contributed by atoms with E-state index in [4.69, 9.17) is 15.0 Å². The van der Waals surface area contributed by atoms with Gasteiger partial charge >= 0.3 is 0 Å². The molecule has 0 amide bonds. The van der Waals surface area contributed by atoms with Gasteiger partial charge in [0.05, 0.1) is 11.0 Å². The van der Waals surface area contributed by atoms with Crippen molar-refractivity contribution >= 4 is 116 Å². The van der Waals surface area contributed by atoms with Crippen molar-refractivity contribution in [2.24, 2.45) is 0 Å².